The van der Waals surface area contributed by atoms with Gasteiger partial charge >= 0.3 is 0 Å². The Bertz CT molecular complexity index is 378. The van der Waals surface area contributed by atoms with E-state index in [1.54, 1.807) is 0 Å². The van der Waals surface area contributed by atoms with Gasteiger partial charge in [-0.2, -0.15) is 4.98 Å². The molecule has 1 N–H and O–H groups in total. The highest BCUT2D eigenvalue weighted by atomic mass is 35.5. The largest absolute Gasteiger partial charge is 0.478 e. The molecule has 1 aliphatic carbocycles. The Morgan fingerprint density at radius 1 is 1.39 bits per heavy atom. The molecule has 1 saturated carbocycles. The fourth-order valence-corrected chi connectivity index (χ4v) is 2.86. The average Bonchev–Trinajstić information content (AvgIpc) is 2.87. The Hall–Kier alpha value is -0.960. The summed E-state index contributed by atoms with van der Waals surface area (Å²) in [5.74, 6) is 2.27. The highest BCUT2D eigenvalue weighted by Crippen LogP contribution is 2.39. The molecule has 0 radical (unpaired) electrons. The van der Waals surface area contributed by atoms with Crippen molar-refractivity contribution in [2.24, 2.45) is 5.41 Å². The number of pyridine rings is 1. The van der Waals surface area contributed by atoms with Gasteiger partial charge in [-0.25, -0.2) is 0 Å². The van der Waals surface area contributed by atoms with Crippen molar-refractivity contribution < 1.29 is 4.74 Å². The number of hydrogen-bond donors (Lipinski definition) is 1. The fourth-order valence-electron chi connectivity index (χ4n) is 2.50. The number of rotatable bonds is 6. The van der Waals surface area contributed by atoms with Gasteiger partial charge in [0.1, 0.15) is 5.82 Å². The van der Waals surface area contributed by atoms with Crippen LogP contribution in [0.15, 0.2) is 18.2 Å². The lowest BCUT2D eigenvalue weighted by molar-refractivity contribution is 0.327. The van der Waals surface area contributed by atoms with Crippen LogP contribution in [-0.2, 0) is 0 Å². The minimum absolute atomic E-state index is 0.255. The predicted octanol–water partition coefficient (Wildman–Crippen LogP) is 3.69. The standard InChI is InChI=1S/C14H21ClN2O/c1-2-18-13-7-5-6-12(17-13)16-11-14(10-15)8-3-4-9-14/h5-7H,2-4,8-11H2,1H3,(H,16,17). The first-order valence-corrected chi connectivity index (χ1v) is 7.21. The SMILES string of the molecule is CCOc1cccc(NCC2(CCl)CCCC2)n1. The summed E-state index contributed by atoms with van der Waals surface area (Å²) in [6, 6.07) is 5.81. The summed E-state index contributed by atoms with van der Waals surface area (Å²) in [4.78, 5) is 4.41. The molecular weight excluding hydrogens is 248 g/mol. The Morgan fingerprint density at radius 3 is 2.83 bits per heavy atom. The molecule has 0 atom stereocenters. The highest BCUT2D eigenvalue weighted by molar-refractivity contribution is 6.18. The molecule has 0 unspecified atom stereocenters. The van der Waals surface area contributed by atoms with Gasteiger partial charge in [-0.1, -0.05) is 18.9 Å². The number of anilines is 1. The quantitative estimate of drug-likeness (QED) is 0.799. The maximum atomic E-state index is 6.13. The normalized spacial score (nSPS) is 17.7. The van der Waals surface area contributed by atoms with E-state index >= 15 is 0 Å². The van der Waals surface area contributed by atoms with E-state index < -0.39 is 0 Å². The van der Waals surface area contributed by atoms with E-state index in [4.69, 9.17) is 16.3 Å². The molecule has 1 aromatic rings. The lowest BCUT2D eigenvalue weighted by Gasteiger charge is -2.26. The average molecular weight is 269 g/mol. The number of halogens is 1. The smallest absolute Gasteiger partial charge is 0.215 e. The van der Waals surface area contributed by atoms with Crippen LogP contribution in [0.2, 0.25) is 0 Å². The van der Waals surface area contributed by atoms with Crippen LogP contribution in [0.5, 0.6) is 5.88 Å². The van der Waals surface area contributed by atoms with Gasteiger partial charge in [0.15, 0.2) is 0 Å². The van der Waals surface area contributed by atoms with Gasteiger partial charge in [0, 0.05) is 23.9 Å². The molecule has 1 fully saturated rings. The molecule has 0 aliphatic heterocycles. The van der Waals surface area contributed by atoms with Crippen LogP contribution in [0.4, 0.5) is 5.82 Å². The van der Waals surface area contributed by atoms with Gasteiger partial charge in [-0.05, 0) is 25.8 Å². The third-order valence-electron chi connectivity index (χ3n) is 3.61. The lowest BCUT2D eigenvalue weighted by Crippen LogP contribution is -2.28. The van der Waals surface area contributed by atoms with E-state index in [-0.39, 0.29) is 5.41 Å². The second kappa shape index (κ2) is 6.28. The molecular formula is C14H21ClN2O. The topological polar surface area (TPSA) is 34.1 Å². The highest BCUT2D eigenvalue weighted by Gasteiger charge is 2.32. The van der Waals surface area contributed by atoms with Crippen LogP contribution < -0.4 is 10.1 Å². The van der Waals surface area contributed by atoms with Gasteiger partial charge in [0.2, 0.25) is 5.88 Å². The van der Waals surface area contributed by atoms with Gasteiger partial charge in [-0.3, -0.25) is 0 Å². The van der Waals surface area contributed by atoms with Crippen LogP contribution in [0, 0.1) is 5.41 Å². The van der Waals surface area contributed by atoms with E-state index in [9.17, 15) is 0 Å². The van der Waals surface area contributed by atoms with Crippen molar-refractivity contribution in [3.8, 4) is 5.88 Å². The summed E-state index contributed by atoms with van der Waals surface area (Å²) < 4.78 is 5.39. The first kappa shape index (κ1) is 13.5. The fraction of sp³-hybridized carbons (Fsp3) is 0.643. The zero-order valence-corrected chi connectivity index (χ0v) is 11.7. The summed E-state index contributed by atoms with van der Waals surface area (Å²) in [6.07, 6.45) is 5.02. The Morgan fingerprint density at radius 2 is 2.17 bits per heavy atom. The Labute approximate surface area is 114 Å². The van der Waals surface area contributed by atoms with Gasteiger partial charge in [-0.15, -0.1) is 11.6 Å². The summed E-state index contributed by atoms with van der Waals surface area (Å²) in [7, 11) is 0. The van der Waals surface area contributed by atoms with E-state index in [1.807, 2.05) is 25.1 Å². The minimum Gasteiger partial charge on any atom is -0.478 e. The Kier molecular flexibility index (Phi) is 4.70. The molecule has 1 aliphatic rings. The summed E-state index contributed by atoms with van der Waals surface area (Å²) in [6.45, 7) is 3.50. The molecule has 4 heteroatoms. The van der Waals surface area contributed by atoms with Crippen molar-refractivity contribution in [3.05, 3.63) is 18.2 Å². The van der Waals surface area contributed by atoms with E-state index in [1.165, 1.54) is 25.7 Å². The number of ether oxygens (including phenoxy) is 1. The van der Waals surface area contributed by atoms with Gasteiger partial charge in [0.25, 0.3) is 0 Å². The summed E-state index contributed by atoms with van der Waals surface area (Å²) >= 11 is 6.13. The number of hydrogen-bond acceptors (Lipinski definition) is 3. The first-order chi connectivity index (χ1) is 8.78. The van der Waals surface area contributed by atoms with E-state index in [2.05, 4.69) is 10.3 Å². The van der Waals surface area contributed by atoms with Gasteiger partial charge < -0.3 is 10.1 Å². The molecule has 0 saturated heterocycles. The number of alkyl halides is 1. The molecule has 100 valence electrons. The summed E-state index contributed by atoms with van der Waals surface area (Å²) in [5, 5.41) is 3.40. The lowest BCUT2D eigenvalue weighted by atomic mass is 9.88. The number of aromatic nitrogens is 1. The van der Waals surface area contributed by atoms with E-state index in [0.29, 0.717) is 12.5 Å². The van der Waals surface area contributed by atoms with Gasteiger partial charge in [0.05, 0.1) is 6.61 Å². The second-order valence-corrected chi connectivity index (χ2v) is 5.26. The van der Waals surface area contributed by atoms with Crippen molar-refractivity contribution in [1.29, 1.82) is 0 Å². The third-order valence-corrected chi connectivity index (χ3v) is 4.17. The number of nitrogens with one attached hydrogen (secondary N) is 1. The van der Waals surface area contributed by atoms with Crippen LogP contribution >= 0.6 is 11.6 Å². The van der Waals surface area contributed by atoms with Crippen LogP contribution in [-0.4, -0.2) is 24.0 Å². The van der Waals surface area contributed by atoms with Crippen molar-refractivity contribution in [3.63, 3.8) is 0 Å². The molecule has 1 aromatic heterocycles. The molecule has 3 nitrogen and oxygen atoms in total. The van der Waals surface area contributed by atoms with Crippen LogP contribution in [0.25, 0.3) is 0 Å². The van der Waals surface area contributed by atoms with Crippen LogP contribution in [0.3, 0.4) is 0 Å². The van der Waals surface area contributed by atoms with Crippen molar-refractivity contribution >= 4 is 17.4 Å². The van der Waals surface area contributed by atoms with Crippen molar-refractivity contribution in [2.75, 3.05) is 24.3 Å². The molecule has 2 rings (SSSR count). The first-order valence-electron chi connectivity index (χ1n) is 6.68. The third kappa shape index (κ3) is 3.29. The van der Waals surface area contributed by atoms with E-state index in [0.717, 1.165) is 18.2 Å². The monoisotopic (exact) mass is 268 g/mol. The molecule has 0 amide bonds. The van der Waals surface area contributed by atoms with Crippen LogP contribution in [0.1, 0.15) is 32.6 Å². The molecule has 18 heavy (non-hydrogen) atoms. The van der Waals surface area contributed by atoms with Crippen molar-refractivity contribution in [2.45, 2.75) is 32.6 Å². The maximum Gasteiger partial charge on any atom is 0.215 e. The molecule has 1 heterocycles. The molecule has 0 spiro atoms. The summed E-state index contributed by atoms with van der Waals surface area (Å²) in [5.41, 5.74) is 0.255. The Balaban J connectivity index is 1.94. The number of nitrogens with zero attached hydrogens (tertiary/aromatic N) is 1. The zero-order valence-electron chi connectivity index (χ0n) is 10.9. The second-order valence-electron chi connectivity index (χ2n) is 4.99. The minimum atomic E-state index is 0.255. The maximum absolute atomic E-state index is 6.13. The predicted molar refractivity (Wildman–Crippen MR) is 75.5 cm³/mol. The molecule has 0 bridgehead atoms. The van der Waals surface area contributed by atoms with Crippen molar-refractivity contribution in [1.82, 2.24) is 4.98 Å². The zero-order chi connectivity index (χ0) is 12.8. The molecule has 0 aromatic carbocycles.